The molecule has 1 aliphatic rings. The third-order valence-corrected chi connectivity index (χ3v) is 6.66. The number of ether oxygens (including phenoxy) is 1. The summed E-state index contributed by atoms with van der Waals surface area (Å²) in [5.74, 6) is -0.346. The molecule has 0 radical (unpaired) electrons. The molecule has 29 heavy (non-hydrogen) atoms. The van der Waals surface area contributed by atoms with Crippen LogP contribution in [0, 0.1) is 15.9 Å². The lowest BCUT2D eigenvalue weighted by atomic mass is 9.74. The summed E-state index contributed by atoms with van der Waals surface area (Å²) in [6.45, 7) is 1.32. The Balaban J connectivity index is 1.93. The first kappa shape index (κ1) is 21.2. The van der Waals surface area contributed by atoms with Crippen LogP contribution in [0.5, 0.6) is 0 Å². The fraction of sp³-hybridized carbons (Fsp3) is 0.368. The van der Waals surface area contributed by atoms with Gasteiger partial charge in [0.15, 0.2) is 0 Å². The summed E-state index contributed by atoms with van der Waals surface area (Å²) >= 11 is 0. The van der Waals surface area contributed by atoms with Gasteiger partial charge in [-0.3, -0.25) is 10.1 Å². The minimum atomic E-state index is -3.81. The molecule has 1 heterocycles. The van der Waals surface area contributed by atoms with Gasteiger partial charge in [-0.25, -0.2) is 17.5 Å². The van der Waals surface area contributed by atoms with Crippen molar-refractivity contribution in [2.24, 2.45) is 0 Å². The molecule has 2 aromatic carbocycles. The fourth-order valence-corrected chi connectivity index (χ4v) is 4.26. The Morgan fingerprint density at radius 2 is 1.93 bits per heavy atom. The Labute approximate surface area is 168 Å². The van der Waals surface area contributed by atoms with Crippen LogP contribution in [0.1, 0.15) is 18.4 Å². The number of nitrogens with zero attached hydrogens (tertiary/aromatic N) is 1. The van der Waals surface area contributed by atoms with E-state index in [0.717, 1.165) is 11.6 Å². The Hall–Kier alpha value is -2.56. The van der Waals surface area contributed by atoms with Gasteiger partial charge in [-0.2, -0.15) is 0 Å². The number of nitrogens with one attached hydrogen (secondary N) is 2. The van der Waals surface area contributed by atoms with Crippen molar-refractivity contribution >= 4 is 21.4 Å². The summed E-state index contributed by atoms with van der Waals surface area (Å²) in [6.07, 6.45) is 1.26. The molecule has 2 aromatic rings. The summed E-state index contributed by atoms with van der Waals surface area (Å²) < 4.78 is 45.3. The molecule has 1 fully saturated rings. The summed E-state index contributed by atoms with van der Waals surface area (Å²) in [7, 11) is -2.57. The van der Waals surface area contributed by atoms with E-state index in [9.17, 15) is 22.9 Å². The van der Waals surface area contributed by atoms with E-state index in [4.69, 9.17) is 4.74 Å². The molecule has 2 N–H and O–H groups in total. The van der Waals surface area contributed by atoms with Crippen LogP contribution in [0.2, 0.25) is 0 Å². The predicted octanol–water partition coefficient (Wildman–Crippen LogP) is 2.80. The van der Waals surface area contributed by atoms with E-state index in [1.807, 2.05) is 6.07 Å². The van der Waals surface area contributed by atoms with Gasteiger partial charge in [0.25, 0.3) is 5.69 Å². The average Bonchev–Trinajstić information content (AvgIpc) is 2.72. The molecule has 8 nitrogen and oxygen atoms in total. The number of halogens is 1. The molecule has 156 valence electrons. The van der Waals surface area contributed by atoms with Crippen LogP contribution in [0.15, 0.2) is 47.4 Å². The number of rotatable bonds is 7. The lowest BCUT2D eigenvalue weighted by Gasteiger charge is -2.38. The Morgan fingerprint density at radius 1 is 1.21 bits per heavy atom. The van der Waals surface area contributed by atoms with Crippen molar-refractivity contribution < 1.29 is 22.5 Å². The smallest absolute Gasteiger partial charge is 0.293 e. The van der Waals surface area contributed by atoms with E-state index in [0.29, 0.717) is 32.6 Å². The maximum Gasteiger partial charge on any atom is 0.293 e. The number of nitro benzene ring substituents is 1. The largest absolute Gasteiger partial charge is 0.381 e. The van der Waals surface area contributed by atoms with E-state index in [2.05, 4.69) is 10.0 Å². The van der Waals surface area contributed by atoms with Gasteiger partial charge < -0.3 is 10.1 Å². The normalized spacial score (nSPS) is 16.3. The second kappa shape index (κ2) is 8.44. The van der Waals surface area contributed by atoms with Gasteiger partial charge in [-0.15, -0.1) is 0 Å². The summed E-state index contributed by atoms with van der Waals surface area (Å²) in [5, 5.41) is 14.6. The quantitative estimate of drug-likeness (QED) is 0.523. The summed E-state index contributed by atoms with van der Waals surface area (Å²) in [6, 6.07) is 10.0. The van der Waals surface area contributed by atoms with Gasteiger partial charge in [-0.1, -0.05) is 12.1 Å². The highest BCUT2D eigenvalue weighted by Crippen LogP contribution is 2.37. The minimum absolute atomic E-state index is 0.192. The van der Waals surface area contributed by atoms with Gasteiger partial charge in [-0.05, 0) is 49.7 Å². The van der Waals surface area contributed by atoms with E-state index in [-0.39, 0.29) is 22.1 Å². The van der Waals surface area contributed by atoms with Gasteiger partial charge >= 0.3 is 0 Å². The monoisotopic (exact) mass is 423 g/mol. The van der Waals surface area contributed by atoms with Crippen LogP contribution in [0.3, 0.4) is 0 Å². The highest BCUT2D eigenvalue weighted by molar-refractivity contribution is 7.89. The first-order chi connectivity index (χ1) is 13.8. The van der Waals surface area contributed by atoms with Crippen molar-refractivity contribution in [1.82, 2.24) is 4.72 Å². The molecular formula is C19H22FN3O5S. The molecular weight excluding hydrogens is 401 g/mol. The molecule has 0 amide bonds. The topological polar surface area (TPSA) is 111 Å². The van der Waals surface area contributed by atoms with Crippen molar-refractivity contribution in [3.63, 3.8) is 0 Å². The Bertz CT molecular complexity index is 1010. The zero-order valence-corrected chi connectivity index (χ0v) is 16.7. The number of hydrogen-bond acceptors (Lipinski definition) is 6. The SMILES string of the molecule is CNS(=O)(=O)c1ccc(NCC2(c3cccc(F)c3)CCOCC2)c([N+](=O)[O-])c1. The van der Waals surface area contributed by atoms with Crippen LogP contribution in [-0.4, -0.2) is 40.1 Å². The lowest BCUT2D eigenvalue weighted by Crippen LogP contribution is -2.40. The van der Waals surface area contributed by atoms with Crippen LogP contribution in [-0.2, 0) is 20.2 Å². The van der Waals surface area contributed by atoms with Crippen molar-refractivity contribution in [2.75, 3.05) is 32.1 Å². The molecule has 1 aliphatic heterocycles. The Morgan fingerprint density at radius 3 is 2.55 bits per heavy atom. The van der Waals surface area contributed by atoms with Gasteiger partial charge in [0, 0.05) is 31.2 Å². The molecule has 0 atom stereocenters. The van der Waals surface area contributed by atoms with Gasteiger partial charge in [0.05, 0.1) is 9.82 Å². The predicted molar refractivity (Wildman–Crippen MR) is 106 cm³/mol. The molecule has 3 rings (SSSR count). The standard InChI is InChI=1S/C19H22FN3O5S/c1-21-29(26,27)16-5-6-17(18(12-16)23(24)25)22-13-19(7-9-28-10-8-19)14-3-2-4-15(20)11-14/h2-6,11-12,21-22H,7-10,13H2,1H3. The van der Waals surface area contributed by atoms with Crippen LogP contribution < -0.4 is 10.0 Å². The molecule has 0 bridgehead atoms. The van der Waals surface area contributed by atoms with Crippen molar-refractivity contribution in [3.8, 4) is 0 Å². The lowest BCUT2D eigenvalue weighted by molar-refractivity contribution is -0.384. The van der Waals surface area contributed by atoms with E-state index in [1.165, 1.54) is 31.3 Å². The second-order valence-corrected chi connectivity index (χ2v) is 8.79. The first-order valence-electron chi connectivity index (χ1n) is 9.07. The molecule has 0 unspecified atom stereocenters. The van der Waals surface area contributed by atoms with Crippen LogP contribution in [0.4, 0.5) is 15.8 Å². The van der Waals surface area contributed by atoms with E-state index >= 15 is 0 Å². The zero-order chi connectivity index (χ0) is 21.1. The third kappa shape index (κ3) is 4.55. The highest BCUT2D eigenvalue weighted by atomic mass is 32.2. The third-order valence-electron chi connectivity index (χ3n) is 5.25. The Kier molecular flexibility index (Phi) is 6.15. The molecule has 0 spiro atoms. The number of nitro groups is 1. The van der Waals surface area contributed by atoms with Crippen molar-refractivity contribution in [2.45, 2.75) is 23.2 Å². The number of anilines is 1. The maximum absolute atomic E-state index is 13.8. The number of benzene rings is 2. The number of sulfonamides is 1. The fourth-order valence-electron chi connectivity index (χ4n) is 3.51. The summed E-state index contributed by atoms with van der Waals surface area (Å²) in [5.41, 5.74) is 0.199. The maximum atomic E-state index is 13.8. The highest BCUT2D eigenvalue weighted by Gasteiger charge is 2.35. The average molecular weight is 423 g/mol. The second-order valence-electron chi connectivity index (χ2n) is 6.90. The van der Waals surface area contributed by atoms with Gasteiger partial charge in [0.2, 0.25) is 10.0 Å². The van der Waals surface area contributed by atoms with Crippen molar-refractivity contribution in [3.05, 3.63) is 64.0 Å². The van der Waals surface area contributed by atoms with Crippen LogP contribution in [0.25, 0.3) is 0 Å². The van der Waals surface area contributed by atoms with Crippen molar-refractivity contribution in [1.29, 1.82) is 0 Å². The van der Waals surface area contributed by atoms with E-state index in [1.54, 1.807) is 6.07 Å². The first-order valence-corrected chi connectivity index (χ1v) is 10.6. The minimum Gasteiger partial charge on any atom is -0.381 e. The van der Waals surface area contributed by atoms with Crippen LogP contribution >= 0.6 is 0 Å². The molecule has 0 saturated carbocycles. The summed E-state index contributed by atoms with van der Waals surface area (Å²) in [4.78, 5) is 10.7. The number of hydrogen-bond donors (Lipinski definition) is 2. The molecule has 1 saturated heterocycles. The van der Waals surface area contributed by atoms with E-state index < -0.39 is 20.4 Å². The van der Waals surface area contributed by atoms with Gasteiger partial charge in [0.1, 0.15) is 11.5 Å². The molecule has 0 aliphatic carbocycles. The molecule has 0 aromatic heterocycles. The zero-order valence-electron chi connectivity index (χ0n) is 15.9. The molecule has 10 heteroatoms.